The summed E-state index contributed by atoms with van der Waals surface area (Å²) in [6.45, 7) is 1.03. The first-order valence-electron chi connectivity index (χ1n) is 8.12. The third-order valence-corrected chi connectivity index (χ3v) is 5.83. The SMILES string of the molecule is CC(=O)Nc1ccccc1OCC(=O)Nc1ccc(Cl)c(S(=O)(=O)N(C)C)c1. The molecule has 0 unspecified atom stereocenters. The highest BCUT2D eigenvalue weighted by atomic mass is 35.5. The molecule has 0 aromatic heterocycles. The number of hydrogen-bond acceptors (Lipinski definition) is 5. The van der Waals surface area contributed by atoms with E-state index in [-0.39, 0.29) is 28.1 Å². The largest absolute Gasteiger partial charge is 0.482 e. The maximum absolute atomic E-state index is 12.3. The van der Waals surface area contributed by atoms with Gasteiger partial charge in [0, 0.05) is 26.7 Å². The molecule has 2 rings (SSSR count). The predicted octanol–water partition coefficient (Wildman–Crippen LogP) is 2.57. The Balaban J connectivity index is 2.10. The first kappa shape index (κ1) is 21.7. The topological polar surface area (TPSA) is 105 Å². The smallest absolute Gasteiger partial charge is 0.262 e. The van der Waals surface area contributed by atoms with Gasteiger partial charge in [0.1, 0.15) is 10.6 Å². The standard InChI is InChI=1S/C18H20ClN3O5S/c1-12(23)20-15-6-4-5-7-16(15)27-11-18(24)21-13-8-9-14(19)17(10-13)28(25,26)22(2)3/h4-10H,11H2,1-3H3,(H,20,23)(H,21,24). The Labute approximate surface area is 168 Å². The summed E-state index contributed by atoms with van der Waals surface area (Å²) in [6, 6.07) is 10.8. The number of para-hydroxylation sites is 2. The number of carbonyl (C=O) groups excluding carboxylic acids is 2. The number of rotatable bonds is 7. The number of hydrogen-bond donors (Lipinski definition) is 2. The lowest BCUT2D eigenvalue weighted by Gasteiger charge is -2.15. The molecule has 0 atom stereocenters. The van der Waals surface area contributed by atoms with Crippen molar-refractivity contribution in [1.29, 1.82) is 0 Å². The molecule has 0 spiro atoms. The van der Waals surface area contributed by atoms with Crippen molar-refractivity contribution in [3.05, 3.63) is 47.5 Å². The first-order chi connectivity index (χ1) is 13.1. The zero-order valence-corrected chi connectivity index (χ0v) is 17.1. The average molecular weight is 426 g/mol. The molecule has 0 aliphatic heterocycles. The maximum atomic E-state index is 12.3. The second-order valence-electron chi connectivity index (χ2n) is 5.95. The van der Waals surface area contributed by atoms with Crippen LogP contribution in [-0.2, 0) is 19.6 Å². The van der Waals surface area contributed by atoms with Gasteiger partial charge < -0.3 is 15.4 Å². The van der Waals surface area contributed by atoms with Crippen LogP contribution < -0.4 is 15.4 Å². The van der Waals surface area contributed by atoms with Crippen molar-refractivity contribution < 1.29 is 22.7 Å². The molecule has 0 bridgehead atoms. The Bertz CT molecular complexity index is 992. The van der Waals surface area contributed by atoms with E-state index >= 15 is 0 Å². The minimum Gasteiger partial charge on any atom is -0.482 e. The zero-order valence-electron chi connectivity index (χ0n) is 15.5. The quantitative estimate of drug-likeness (QED) is 0.709. The Morgan fingerprint density at radius 3 is 2.43 bits per heavy atom. The number of nitrogens with one attached hydrogen (secondary N) is 2. The van der Waals surface area contributed by atoms with E-state index in [1.165, 1.54) is 39.2 Å². The van der Waals surface area contributed by atoms with Crippen molar-refractivity contribution in [3.63, 3.8) is 0 Å². The molecular weight excluding hydrogens is 406 g/mol. The molecule has 2 N–H and O–H groups in total. The van der Waals surface area contributed by atoms with E-state index < -0.39 is 15.9 Å². The summed E-state index contributed by atoms with van der Waals surface area (Å²) in [5, 5.41) is 5.21. The average Bonchev–Trinajstić information content (AvgIpc) is 2.62. The molecule has 0 aliphatic rings. The lowest BCUT2D eigenvalue weighted by atomic mass is 10.3. The second kappa shape index (κ2) is 9.05. The first-order valence-corrected chi connectivity index (χ1v) is 9.94. The lowest BCUT2D eigenvalue weighted by molar-refractivity contribution is -0.118. The molecule has 0 saturated heterocycles. The normalized spacial score (nSPS) is 11.2. The van der Waals surface area contributed by atoms with E-state index in [1.807, 2.05) is 0 Å². The van der Waals surface area contributed by atoms with Gasteiger partial charge in [0.25, 0.3) is 5.91 Å². The number of nitrogens with zero attached hydrogens (tertiary/aromatic N) is 1. The van der Waals surface area contributed by atoms with Crippen LogP contribution >= 0.6 is 11.6 Å². The number of carbonyl (C=O) groups is 2. The van der Waals surface area contributed by atoms with Crippen LogP contribution in [-0.4, -0.2) is 45.2 Å². The van der Waals surface area contributed by atoms with E-state index in [1.54, 1.807) is 24.3 Å². The molecule has 2 aromatic rings. The summed E-state index contributed by atoms with van der Waals surface area (Å²) < 4.78 is 31.1. The van der Waals surface area contributed by atoms with Gasteiger partial charge in [-0.3, -0.25) is 9.59 Å². The number of amides is 2. The van der Waals surface area contributed by atoms with Crippen LogP contribution in [0.2, 0.25) is 5.02 Å². The molecule has 8 nitrogen and oxygen atoms in total. The molecule has 150 valence electrons. The van der Waals surface area contributed by atoms with E-state index in [9.17, 15) is 18.0 Å². The number of anilines is 2. The van der Waals surface area contributed by atoms with Gasteiger partial charge in [0.2, 0.25) is 15.9 Å². The summed E-state index contributed by atoms with van der Waals surface area (Å²) in [5.41, 5.74) is 0.697. The van der Waals surface area contributed by atoms with Crippen molar-refractivity contribution in [2.75, 3.05) is 31.3 Å². The summed E-state index contributed by atoms with van der Waals surface area (Å²) in [7, 11) is -0.987. The lowest BCUT2D eigenvalue weighted by Crippen LogP contribution is -2.23. The van der Waals surface area contributed by atoms with Crippen molar-refractivity contribution in [3.8, 4) is 5.75 Å². The molecule has 2 aromatic carbocycles. The third kappa shape index (κ3) is 5.44. The number of ether oxygens (including phenoxy) is 1. The fraction of sp³-hybridized carbons (Fsp3) is 0.222. The van der Waals surface area contributed by atoms with Crippen LogP contribution in [0.1, 0.15) is 6.92 Å². The number of benzene rings is 2. The van der Waals surface area contributed by atoms with E-state index in [4.69, 9.17) is 16.3 Å². The third-order valence-electron chi connectivity index (χ3n) is 3.53. The van der Waals surface area contributed by atoms with Crippen molar-refractivity contribution in [2.45, 2.75) is 11.8 Å². The van der Waals surface area contributed by atoms with E-state index in [2.05, 4.69) is 10.6 Å². The Kier molecular flexibility index (Phi) is 7.00. The van der Waals surface area contributed by atoms with E-state index in [0.717, 1.165) is 4.31 Å². The summed E-state index contributed by atoms with van der Waals surface area (Å²) in [6.07, 6.45) is 0. The van der Waals surface area contributed by atoms with Crippen LogP contribution in [0.25, 0.3) is 0 Å². The number of halogens is 1. The minimum atomic E-state index is -3.76. The Morgan fingerprint density at radius 1 is 1.11 bits per heavy atom. The number of sulfonamides is 1. The highest BCUT2D eigenvalue weighted by molar-refractivity contribution is 7.89. The van der Waals surface area contributed by atoms with Gasteiger partial charge in [-0.25, -0.2) is 12.7 Å². The van der Waals surface area contributed by atoms with Crippen molar-refractivity contribution in [2.24, 2.45) is 0 Å². The summed E-state index contributed by atoms with van der Waals surface area (Å²) in [5.74, 6) is -0.440. The van der Waals surface area contributed by atoms with Crippen LogP contribution in [0.5, 0.6) is 5.75 Å². The molecule has 0 heterocycles. The molecule has 0 radical (unpaired) electrons. The van der Waals surface area contributed by atoms with Gasteiger partial charge in [-0.05, 0) is 30.3 Å². The van der Waals surface area contributed by atoms with Crippen LogP contribution in [0.15, 0.2) is 47.4 Å². The van der Waals surface area contributed by atoms with Gasteiger partial charge in [0.05, 0.1) is 10.7 Å². The van der Waals surface area contributed by atoms with Gasteiger partial charge in [-0.15, -0.1) is 0 Å². The second-order valence-corrected chi connectivity index (χ2v) is 8.47. The predicted molar refractivity (Wildman–Crippen MR) is 107 cm³/mol. The minimum absolute atomic E-state index is 0.0483. The van der Waals surface area contributed by atoms with E-state index in [0.29, 0.717) is 11.4 Å². The molecule has 28 heavy (non-hydrogen) atoms. The highest BCUT2D eigenvalue weighted by Crippen LogP contribution is 2.27. The zero-order chi connectivity index (χ0) is 20.9. The fourth-order valence-corrected chi connectivity index (χ4v) is 3.60. The van der Waals surface area contributed by atoms with Crippen LogP contribution in [0.4, 0.5) is 11.4 Å². The fourth-order valence-electron chi connectivity index (χ4n) is 2.20. The van der Waals surface area contributed by atoms with Crippen molar-refractivity contribution >= 4 is 44.8 Å². The Morgan fingerprint density at radius 2 is 1.79 bits per heavy atom. The molecule has 10 heteroatoms. The van der Waals surface area contributed by atoms with Gasteiger partial charge in [-0.1, -0.05) is 23.7 Å². The molecule has 0 saturated carbocycles. The van der Waals surface area contributed by atoms with Gasteiger partial charge in [0.15, 0.2) is 6.61 Å². The van der Waals surface area contributed by atoms with Gasteiger partial charge >= 0.3 is 0 Å². The molecule has 0 fully saturated rings. The van der Waals surface area contributed by atoms with Crippen LogP contribution in [0.3, 0.4) is 0 Å². The Hall–Kier alpha value is -2.62. The molecule has 2 amide bonds. The molecular formula is C18H20ClN3O5S. The summed E-state index contributed by atoms with van der Waals surface area (Å²) in [4.78, 5) is 23.3. The highest BCUT2D eigenvalue weighted by Gasteiger charge is 2.21. The van der Waals surface area contributed by atoms with Gasteiger partial charge in [-0.2, -0.15) is 0 Å². The molecule has 0 aliphatic carbocycles. The van der Waals surface area contributed by atoms with Crippen molar-refractivity contribution in [1.82, 2.24) is 4.31 Å². The maximum Gasteiger partial charge on any atom is 0.262 e. The summed E-state index contributed by atoms with van der Waals surface area (Å²) >= 11 is 5.98. The monoisotopic (exact) mass is 425 g/mol. The van der Waals surface area contributed by atoms with Crippen LogP contribution in [0, 0.1) is 0 Å².